The van der Waals surface area contributed by atoms with Crippen molar-refractivity contribution in [3.63, 3.8) is 0 Å². The van der Waals surface area contributed by atoms with Gasteiger partial charge in [0, 0.05) is 19.3 Å². The second-order valence-corrected chi connectivity index (χ2v) is 6.24. The summed E-state index contributed by atoms with van der Waals surface area (Å²) >= 11 is 0. The first-order valence-corrected chi connectivity index (χ1v) is 8.06. The molecule has 0 radical (unpaired) electrons. The van der Waals surface area contributed by atoms with E-state index in [0.29, 0.717) is 18.0 Å². The quantitative estimate of drug-likeness (QED) is 0.673. The summed E-state index contributed by atoms with van der Waals surface area (Å²) in [6.07, 6.45) is 4.47. The maximum Gasteiger partial charge on any atom is 0.256 e. The standard InChI is InChI=1S/C12H16N4O4S/c1-2-13-11(17)7-14-12(18)9-3-4-10-15-21(19,20)6-5-16(10)8-9/h3-4,8H,2,5-7H2,1H3,(H,13,17)(H,14,18). The van der Waals surface area contributed by atoms with Crippen LogP contribution in [0.15, 0.2) is 28.3 Å². The summed E-state index contributed by atoms with van der Waals surface area (Å²) in [5.41, 5.74) is 0.345. The number of hydrogen-bond acceptors (Lipinski definition) is 5. The summed E-state index contributed by atoms with van der Waals surface area (Å²) in [7, 11) is -3.41. The van der Waals surface area contributed by atoms with Gasteiger partial charge in [0.1, 0.15) is 5.84 Å². The Morgan fingerprint density at radius 1 is 1.33 bits per heavy atom. The Balaban J connectivity index is 2.01. The van der Waals surface area contributed by atoms with Crippen molar-refractivity contribution in [3.05, 3.63) is 23.9 Å². The molecule has 2 aliphatic rings. The van der Waals surface area contributed by atoms with E-state index in [1.807, 2.05) is 0 Å². The van der Waals surface area contributed by atoms with Crippen molar-refractivity contribution < 1.29 is 18.0 Å². The SMILES string of the molecule is CCNC(=O)CNC(=O)C1=CN2CCS(=O)(=O)N=C2C=C1. The fourth-order valence-electron chi connectivity index (χ4n) is 1.86. The van der Waals surface area contributed by atoms with Gasteiger partial charge in [-0.2, -0.15) is 0 Å². The normalized spacial score (nSPS) is 19.2. The van der Waals surface area contributed by atoms with Crippen LogP contribution < -0.4 is 10.6 Å². The monoisotopic (exact) mass is 312 g/mol. The van der Waals surface area contributed by atoms with E-state index in [1.165, 1.54) is 18.4 Å². The van der Waals surface area contributed by atoms with Crippen LogP contribution in [-0.2, 0) is 19.6 Å². The summed E-state index contributed by atoms with van der Waals surface area (Å²) in [6, 6.07) is 0. The summed E-state index contributed by atoms with van der Waals surface area (Å²) in [5, 5.41) is 5.06. The van der Waals surface area contributed by atoms with Crippen LogP contribution in [0.1, 0.15) is 6.92 Å². The van der Waals surface area contributed by atoms with Crippen LogP contribution in [0.5, 0.6) is 0 Å². The summed E-state index contributed by atoms with van der Waals surface area (Å²) in [4.78, 5) is 24.8. The number of amides is 2. The molecule has 2 amide bonds. The molecule has 2 heterocycles. The van der Waals surface area contributed by atoms with Crippen molar-refractivity contribution in [1.29, 1.82) is 0 Å². The van der Waals surface area contributed by atoms with E-state index in [0.717, 1.165) is 0 Å². The van der Waals surface area contributed by atoms with Crippen LogP contribution in [0.3, 0.4) is 0 Å². The van der Waals surface area contributed by atoms with Crippen molar-refractivity contribution in [2.75, 3.05) is 25.4 Å². The van der Waals surface area contributed by atoms with Gasteiger partial charge in [-0.25, -0.2) is 8.42 Å². The van der Waals surface area contributed by atoms with Gasteiger partial charge in [-0.3, -0.25) is 9.59 Å². The number of nitrogens with one attached hydrogen (secondary N) is 2. The van der Waals surface area contributed by atoms with E-state index in [4.69, 9.17) is 0 Å². The van der Waals surface area contributed by atoms with Gasteiger partial charge in [0.05, 0.1) is 17.9 Å². The number of amidine groups is 1. The number of carbonyl (C=O) groups is 2. The molecule has 0 aromatic carbocycles. The predicted molar refractivity (Wildman–Crippen MR) is 76.8 cm³/mol. The number of hydrogen-bond donors (Lipinski definition) is 2. The smallest absolute Gasteiger partial charge is 0.256 e. The number of fused-ring (bicyclic) bond motifs is 1. The third kappa shape index (κ3) is 3.91. The van der Waals surface area contributed by atoms with Crippen LogP contribution in [-0.4, -0.2) is 56.4 Å². The molecule has 0 aromatic rings. The highest BCUT2D eigenvalue weighted by Gasteiger charge is 2.24. The van der Waals surface area contributed by atoms with E-state index in [-0.39, 0.29) is 24.7 Å². The first-order chi connectivity index (χ1) is 9.91. The Kier molecular flexibility index (Phi) is 4.41. The molecule has 2 aliphatic heterocycles. The molecule has 0 saturated carbocycles. The second-order valence-electron chi connectivity index (χ2n) is 4.48. The fraction of sp³-hybridized carbons (Fsp3) is 0.417. The lowest BCUT2D eigenvalue weighted by Gasteiger charge is -2.26. The zero-order chi connectivity index (χ0) is 15.5. The van der Waals surface area contributed by atoms with Gasteiger partial charge in [0.2, 0.25) is 5.91 Å². The molecule has 0 fully saturated rings. The maximum absolute atomic E-state index is 11.9. The highest BCUT2D eigenvalue weighted by Crippen LogP contribution is 2.15. The Labute approximate surface area is 122 Å². The first kappa shape index (κ1) is 15.2. The summed E-state index contributed by atoms with van der Waals surface area (Å²) in [5.74, 6) is -0.460. The van der Waals surface area contributed by atoms with Crippen molar-refractivity contribution in [3.8, 4) is 0 Å². The molecular formula is C12H16N4O4S. The lowest BCUT2D eigenvalue weighted by molar-refractivity contribution is -0.124. The fourth-order valence-corrected chi connectivity index (χ4v) is 2.83. The Hall–Kier alpha value is -2.16. The largest absolute Gasteiger partial charge is 0.355 e. The minimum absolute atomic E-state index is 0.0886. The lowest BCUT2D eigenvalue weighted by Crippen LogP contribution is -2.40. The van der Waals surface area contributed by atoms with Gasteiger partial charge in [0.15, 0.2) is 0 Å². The predicted octanol–water partition coefficient (Wildman–Crippen LogP) is -1.26. The van der Waals surface area contributed by atoms with Crippen LogP contribution in [0.2, 0.25) is 0 Å². The Bertz CT molecular complexity index is 648. The summed E-state index contributed by atoms with van der Waals surface area (Å²) in [6.45, 7) is 2.43. The third-order valence-corrected chi connectivity index (χ3v) is 4.03. The van der Waals surface area contributed by atoms with Gasteiger partial charge in [-0.15, -0.1) is 4.40 Å². The van der Waals surface area contributed by atoms with Crippen LogP contribution in [0.25, 0.3) is 0 Å². The van der Waals surface area contributed by atoms with E-state index in [2.05, 4.69) is 15.0 Å². The van der Waals surface area contributed by atoms with E-state index >= 15 is 0 Å². The highest BCUT2D eigenvalue weighted by atomic mass is 32.2. The second kappa shape index (κ2) is 6.08. The minimum Gasteiger partial charge on any atom is -0.355 e. The molecule has 0 aliphatic carbocycles. The molecule has 114 valence electrons. The number of carbonyl (C=O) groups excluding carboxylic acids is 2. The summed E-state index contributed by atoms with van der Waals surface area (Å²) < 4.78 is 26.4. The number of sulfonamides is 1. The molecule has 0 bridgehead atoms. The minimum atomic E-state index is -3.41. The molecule has 0 saturated heterocycles. The average Bonchev–Trinajstić information content (AvgIpc) is 2.43. The van der Waals surface area contributed by atoms with Crippen molar-refractivity contribution in [1.82, 2.24) is 15.5 Å². The van der Waals surface area contributed by atoms with Gasteiger partial charge in [-0.1, -0.05) is 0 Å². The molecule has 2 rings (SSSR count). The van der Waals surface area contributed by atoms with Gasteiger partial charge >= 0.3 is 0 Å². The Morgan fingerprint density at radius 2 is 2.10 bits per heavy atom. The van der Waals surface area contributed by atoms with Crippen LogP contribution >= 0.6 is 0 Å². The van der Waals surface area contributed by atoms with Crippen LogP contribution in [0, 0.1) is 0 Å². The number of nitrogens with zero attached hydrogens (tertiary/aromatic N) is 2. The molecule has 0 spiro atoms. The molecular weight excluding hydrogens is 296 g/mol. The van der Waals surface area contributed by atoms with E-state index in [9.17, 15) is 18.0 Å². The third-order valence-electron chi connectivity index (χ3n) is 2.87. The van der Waals surface area contributed by atoms with Gasteiger partial charge in [-0.05, 0) is 19.1 Å². The van der Waals surface area contributed by atoms with Crippen molar-refractivity contribution in [2.24, 2.45) is 4.40 Å². The molecule has 0 aromatic heterocycles. The van der Waals surface area contributed by atoms with E-state index in [1.54, 1.807) is 11.8 Å². The van der Waals surface area contributed by atoms with Crippen LogP contribution in [0.4, 0.5) is 0 Å². The van der Waals surface area contributed by atoms with Crippen molar-refractivity contribution in [2.45, 2.75) is 6.92 Å². The van der Waals surface area contributed by atoms with Gasteiger partial charge < -0.3 is 15.5 Å². The van der Waals surface area contributed by atoms with Crippen molar-refractivity contribution >= 4 is 27.7 Å². The van der Waals surface area contributed by atoms with Gasteiger partial charge in [0.25, 0.3) is 15.9 Å². The zero-order valence-corrected chi connectivity index (χ0v) is 12.3. The first-order valence-electron chi connectivity index (χ1n) is 6.45. The average molecular weight is 312 g/mol. The zero-order valence-electron chi connectivity index (χ0n) is 11.5. The molecule has 8 nitrogen and oxygen atoms in total. The molecule has 0 atom stereocenters. The highest BCUT2D eigenvalue weighted by molar-refractivity contribution is 7.90. The lowest BCUT2D eigenvalue weighted by atomic mass is 10.2. The molecule has 2 N–H and O–H groups in total. The Morgan fingerprint density at radius 3 is 2.81 bits per heavy atom. The number of rotatable bonds is 4. The maximum atomic E-state index is 11.9. The number of likely N-dealkylation sites (N-methyl/N-ethyl adjacent to an activating group) is 1. The molecule has 0 unspecified atom stereocenters. The van der Waals surface area contributed by atoms with E-state index < -0.39 is 15.9 Å². The molecule has 21 heavy (non-hydrogen) atoms. The topological polar surface area (TPSA) is 108 Å². The molecule has 9 heteroatoms.